The standard InChI is InChI=1S/C7H14N4O2S2/c1-11-5-6(7(8)10-11)15(12,13)9-3-4-14-2/h5,9H,3-4H2,1-2H3,(H2,8,10). The first-order valence-electron chi connectivity index (χ1n) is 4.25. The SMILES string of the molecule is CSCCNS(=O)(=O)c1cn(C)nc1N. The summed E-state index contributed by atoms with van der Waals surface area (Å²) >= 11 is 1.57. The fourth-order valence-electron chi connectivity index (χ4n) is 1.05. The van der Waals surface area contributed by atoms with Crippen LogP contribution in [0.3, 0.4) is 0 Å². The second kappa shape index (κ2) is 4.86. The van der Waals surface area contributed by atoms with Gasteiger partial charge in [-0.1, -0.05) is 0 Å². The van der Waals surface area contributed by atoms with Crippen molar-refractivity contribution in [3.63, 3.8) is 0 Å². The fraction of sp³-hybridized carbons (Fsp3) is 0.571. The summed E-state index contributed by atoms with van der Waals surface area (Å²) in [6, 6.07) is 0. The molecular weight excluding hydrogens is 236 g/mol. The molecule has 86 valence electrons. The van der Waals surface area contributed by atoms with Gasteiger partial charge < -0.3 is 5.73 Å². The molecule has 6 nitrogen and oxygen atoms in total. The molecule has 8 heteroatoms. The van der Waals surface area contributed by atoms with Gasteiger partial charge in [0.1, 0.15) is 4.90 Å². The van der Waals surface area contributed by atoms with E-state index in [1.165, 1.54) is 10.9 Å². The summed E-state index contributed by atoms with van der Waals surface area (Å²) in [5.41, 5.74) is 5.48. The molecule has 3 N–H and O–H groups in total. The maximum atomic E-state index is 11.7. The van der Waals surface area contributed by atoms with Gasteiger partial charge in [-0.25, -0.2) is 13.1 Å². The molecule has 1 rings (SSSR count). The Bertz CT molecular complexity index is 426. The highest BCUT2D eigenvalue weighted by Crippen LogP contribution is 2.14. The molecule has 0 aromatic carbocycles. The summed E-state index contributed by atoms with van der Waals surface area (Å²) in [5.74, 6) is 0.744. The van der Waals surface area contributed by atoms with Crippen molar-refractivity contribution in [2.45, 2.75) is 4.90 Å². The van der Waals surface area contributed by atoms with Crippen molar-refractivity contribution >= 4 is 27.6 Å². The van der Waals surface area contributed by atoms with Gasteiger partial charge in [-0.3, -0.25) is 4.68 Å². The molecule has 0 aliphatic rings. The maximum Gasteiger partial charge on any atom is 0.245 e. The van der Waals surface area contributed by atoms with Gasteiger partial charge in [-0.05, 0) is 6.26 Å². The lowest BCUT2D eigenvalue weighted by molar-refractivity contribution is 0.584. The first-order chi connectivity index (χ1) is 6.97. The molecule has 0 unspecified atom stereocenters. The zero-order chi connectivity index (χ0) is 11.5. The summed E-state index contributed by atoms with van der Waals surface area (Å²) in [4.78, 5) is 0.0334. The Balaban J connectivity index is 2.82. The van der Waals surface area contributed by atoms with Gasteiger partial charge in [0, 0.05) is 25.5 Å². The van der Waals surface area contributed by atoms with Crippen LogP contribution in [0.5, 0.6) is 0 Å². The van der Waals surface area contributed by atoms with Gasteiger partial charge in [0.25, 0.3) is 0 Å². The molecule has 0 aliphatic heterocycles. The minimum Gasteiger partial charge on any atom is -0.381 e. The highest BCUT2D eigenvalue weighted by atomic mass is 32.2. The van der Waals surface area contributed by atoms with E-state index in [-0.39, 0.29) is 10.7 Å². The molecule has 0 fully saturated rings. The average molecular weight is 250 g/mol. The van der Waals surface area contributed by atoms with E-state index in [2.05, 4.69) is 9.82 Å². The minimum absolute atomic E-state index is 0.0224. The number of nitrogens with one attached hydrogen (secondary N) is 1. The van der Waals surface area contributed by atoms with Crippen LogP contribution >= 0.6 is 11.8 Å². The molecule has 15 heavy (non-hydrogen) atoms. The third kappa shape index (κ3) is 3.11. The lowest BCUT2D eigenvalue weighted by Gasteiger charge is -2.03. The van der Waals surface area contributed by atoms with Gasteiger partial charge in [-0.2, -0.15) is 16.9 Å². The van der Waals surface area contributed by atoms with Crippen LogP contribution in [0, 0.1) is 0 Å². The van der Waals surface area contributed by atoms with Crippen molar-refractivity contribution in [1.82, 2.24) is 14.5 Å². The molecule has 0 amide bonds. The average Bonchev–Trinajstić information content (AvgIpc) is 2.46. The van der Waals surface area contributed by atoms with Crippen LogP contribution in [0.2, 0.25) is 0 Å². The van der Waals surface area contributed by atoms with Crippen LogP contribution in [-0.2, 0) is 17.1 Å². The van der Waals surface area contributed by atoms with E-state index >= 15 is 0 Å². The molecule has 0 saturated carbocycles. The normalized spacial score (nSPS) is 11.9. The molecule has 0 aliphatic carbocycles. The summed E-state index contributed by atoms with van der Waals surface area (Å²) in [5, 5.41) is 3.78. The van der Waals surface area contributed by atoms with E-state index in [9.17, 15) is 8.42 Å². The fourth-order valence-corrected chi connectivity index (χ4v) is 2.62. The highest BCUT2D eigenvalue weighted by Gasteiger charge is 2.19. The van der Waals surface area contributed by atoms with Gasteiger partial charge in [0.2, 0.25) is 10.0 Å². The number of nitrogens with zero attached hydrogens (tertiary/aromatic N) is 2. The van der Waals surface area contributed by atoms with E-state index in [1.807, 2.05) is 6.26 Å². The third-order valence-corrected chi connectivity index (χ3v) is 3.80. The monoisotopic (exact) mass is 250 g/mol. The Morgan fingerprint density at radius 3 is 2.80 bits per heavy atom. The Kier molecular flexibility index (Phi) is 4.00. The number of rotatable bonds is 5. The minimum atomic E-state index is -3.51. The van der Waals surface area contributed by atoms with E-state index in [0.29, 0.717) is 6.54 Å². The molecule has 1 aromatic heterocycles. The van der Waals surface area contributed by atoms with Crippen LogP contribution in [0.15, 0.2) is 11.1 Å². The molecular formula is C7H14N4O2S2. The zero-order valence-electron chi connectivity index (χ0n) is 8.60. The topological polar surface area (TPSA) is 90.0 Å². The van der Waals surface area contributed by atoms with Crippen molar-refractivity contribution in [3.05, 3.63) is 6.20 Å². The van der Waals surface area contributed by atoms with Gasteiger partial charge >= 0.3 is 0 Å². The highest BCUT2D eigenvalue weighted by molar-refractivity contribution is 7.98. The molecule has 0 saturated heterocycles. The predicted molar refractivity (Wildman–Crippen MR) is 61.2 cm³/mol. The van der Waals surface area contributed by atoms with E-state index in [1.54, 1.807) is 18.8 Å². The number of nitrogens with two attached hydrogens (primary N) is 1. The summed E-state index contributed by atoms with van der Waals surface area (Å²) in [6.07, 6.45) is 3.30. The predicted octanol–water partition coefficient (Wildman–Crippen LogP) is -0.356. The second-order valence-corrected chi connectivity index (χ2v) is 5.66. The number of thioether (sulfide) groups is 1. The second-order valence-electron chi connectivity index (χ2n) is 2.94. The number of nitrogen functional groups attached to an aromatic ring is 1. The van der Waals surface area contributed by atoms with Crippen LogP contribution in [0.4, 0.5) is 5.82 Å². The Labute approximate surface area is 93.3 Å². The van der Waals surface area contributed by atoms with Crippen molar-refractivity contribution in [1.29, 1.82) is 0 Å². The number of sulfonamides is 1. The first-order valence-corrected chi connectivity index (χ1v) is 7.13. The smallest absolute Gasteiger partial charge is 0.245 e. The van der Waals surface area contributed by atoms with Crippen LogP contribution in [0.1, 0.15) is 0 Å². The van der Waals surface area contributed by atoms with E-state index in [0.717, 1.165) is 5.75 Å². The Morgan fingerprint density at radius 2 is 2.33 bits per heavy atom. The van der Waals surface area contributed by atoms with Crippen molar-refractivity contribution in [2.24, 2.45) is 7.05 Å². The molecule has 0 bridgehead atoms. The Hall–Kier alpha value is -0.730. The third-order valence-electron chi connectivity index (χ3n) is 1.71. The van der Waals surface area contributed by atoms with Crippen LogP contribution < -0.4 is 10.5 Å². The summed E-state index contributed by atoms with van der Waals surface area (Å²) in [7, 11) is -1.89. The quantitative estimate of drug-likeness (QED) is 0.697. The summed E-state index contributed by atoms with van der Waals surface area (Å²) < 4.78 is 27.2. The van der Waals surface area contributed by atoms with Gasteiger partial charge in [-0.15, -0.1) is 0 Å². The number of hydrogen-bond acceptors (Lipinski definition) is 5. The number of hydrogen-bond donors (Lipinski definition) is 2. The zero-order valence-corrected chi connectivity index (χ0v) is 10.2. The Morgan fingerprint density at radius 1 is 1.67 bits per heavy atom. The molecule has 0 spiro atoms. The van der Waals surface area contributed by atoms with E-state index in [4.69, 9.17) is 5.73 Å². The number of anilines is 1. The molecule has 1 heterocycles. The van der Waals surface area contributed by atoms with Gasteiger partial charge in [0.15, 0.2) is 5.82 Å². The first kappa shape index (κ1) is 12.3. The van der Waals surface area contributed by atoms with Gasteiger partial charge in [0.05, 0.1) is 0 Å². The van der Waals surface area contributed by atoms with Crippen molar-refractivity contribution in [3.8, 4) is 0 Å². The summed E-state index contributed by atoms with van der Waals surface area (Å²) in [6.45, 7) is 0.387. The van der Waals surface area contributed by atoms with E-state index < -0.39 is 10.0 Å². The lowest BCUT2D eigenvalue weighted by atomic mass is 10.7. The van der Waals surface area contributed by atoms with Crippen molar-refractivity contribution in [2.75, 3.05) is 24.3 Å². The number of aromatic nitrogens is 2. The maximum absolute atomic E-state index is 11.7. The molecule has 1 aromatic rings. The lowest BCUT2D eigenvalue weighted by Crippen LogP contribution is -2.26. The number of aryl methyl sites for hydroxylation is 1. The van der Waals surface area contributed by atoms with Crippen LogP contribution in [-0.4, -0.2) is 36.8 Å². The molecule has 0 radical (unpaired) electrons. The van der Waals surface area contributed by atoms with Crippen molar-refractivity contribution < 1.29 is 8.42 Å². The molecule has 0 atom stereocenters. The van der Waals surface area contributed by atoms with Crippen LogP contribution in [0.25, 0.3) is 0 Å². The largest absolute Gasteiger partial charge is 0.381 e.